The summed E-state index contributed by atoms with van der Waals surface area (Å²) in [5.74, 6) is 0.181. The van der Waals surface area contributed by atoms with Gasteiger partial charge in [-0.2, -0.15) is 0 Å². The molecule has 6 rings (SSSR count). The van der Waals surface area contributed by atoms with Crippen LogP contribution in [-0.2, 0) is 22.8 Å². The van der Waals surface area contributed by atoms with E-state index in [1.807, 2.05) is 109 Å². The molecule has 238 valence electrons. The third-order valence-corrected chi connectivity index (χ3v) is 7.97. The molecule has 0 amide bonds. The fraction of sp³-hybridized carbons (Fsp3) is 0.179. The maximum atomic E-state index is 10.9. The molecule has 48 heavy (non-hydrogen) atoms. The van der Waals surface area contributed by atoms with E-state index in [2.05, 4.69) is 31.1 Å². The predicted molar refractivity (Wildman–Crippen MR) is 184 cm³/mol. The number of carboxylic acids is 1. The number of benzene rings is 4. The molecule has 6 aromatic rings. The van der Waals surface area contributed by atoms with Gasteiger partial charge in [0.25, 0.3) is 0 Å². The van der Waals surface area contributed by atoms with E-state index in [9.17, 15) is 4.79 Å². The Morgan fingerprint density at radius 3 is 1.65 bits per heavy atom. The largest absolute Gasteiger partial charge is 1.00 e. The van der Waals surface area contributed by atoms with Crippen molar-refractivity contribution in [3.63, 3.8) is 0 Å². The number of aromatic nitrogens is 2. The van der Waals surface area contributed by atoms with Crippen molar-refractivity contribution in [1.82, 2.24) is 9.97 Å². The molecule has 0 aliphatic heterocycles. The third kappa shape index (κ3) is 8.77. The minimum absolute atomic E-state index is 0. The fourth-order valence-electron chi connectivity index (χ4n) is 5.67. The summed E-state index contributed by atoms with van der Waals surface area (Å²) in [7, 11) is 0. The van der Waals surface area contributed by atoms with Crippen molar-refractivity contribution in [1.29, 1.82) is 0 Å². The van der Waals surface area contributed by atoms with Gasteiger partial charge in [0.05, 0.1) is 22.4 Å². The van der Waals surface area contributed by atoms with E-state index in [1.54, 1.807) is 0 Å². The van der Waals surface area contributed by atoms with Gasteiger partial charge in [0.15, 0.2) is 6.21 Å². The van der Waals surface area contributed by atoms with Crippen LogP contribution in [0.15, 0.2) is 126 Å². The van der Waals surface area contributed by atoms with Crippen LogP contribution in [0.25, 0.3) is 21.8 Å². The SMILES string of the molecule is CC(C)(CON=CC(=O)O)C(c1ccc(OCc2ccc3ccccc3n2)cc1)c1ccc(OCc2ccc3ccccc3n2)cc1.[H-].[Na+]. The second kappa shape index (κ2) is 15.9. The average molecular weight is 650 g/mol. The molecular formula is C39H36N3NaO5. The van der Waals surface area contributed by atoms with Crippen LogP contribution in [0, 0.1) is 5.41 Å². The maximum absolute atomic E-state index is 10.9. The van der Waals surface area contributed by atoms with Crippen molar-refractivity contribution in [2.45, 2.75) is 33.0 Å². The number of fused-ring (bicyclic) bond motifs is 2. The number of para-hydroxylation sites is 2. The number of aliphatic carboxylic acids is 1. The van der Waals surface area contributed by atoms with Crippen LogP contribution in [0.4, 0.5) is 0 Å². The van der Waals surface area contributed by atoms with E-state index in [0.717, 1.165) is 62.0 Å². The molecule has 0 spiro atoms. The molecule has 0 atom stereocenters. The first-order chi connectivity index (χ1) is 22.8. The maximum Gasteiger partial charge on any atom is 1.00 e. The number of hydrogen-bond donors (Lipinski definition) is 1. The zero-order valence-electron chi connectivity index (χ0n) is 28.2. The first-order valence-electron chi connectivity index (χ1n) is 15.4. The first-order valence-corrected chi connectivity index (χ1v) is 15.4. The summed E-state index contributed by atoms with van der Waals surface area (Å²) in [4.78, 5) is 25.8. The van der Waals surface area contributed by atoms with Gasteiger partial charge in [0, 0.05) is 22.1 Å². The molecule has 0 saturated heterocycles. The number of carboxylic acid groups (broad SMARTS) is 1. The summed E-state index contributed by atoms with van der Waals surface area (Å²) >= 11 is 0. The molecule has 0 radical (unpaired) electrons. The van der Waals surface area contributed by atoms with Gasteiger partial charge in [-0.1, -0.05) is 91.8 Å². The monoisotopic (exact) mass is 649 g/mol. The number of hydrogen-bond acceptors (Lipinski definition) is 7. The molecule has 0 bridgehead atoms. The number of rotatable bonds is 13. The molecule has 1 N–H and O–H groups in total. The molecular weight excluding hydrogens is 613 g/mol. The van der Waals surface area contributed by atoms with E-state index in [4.69, 9.17) is 29.4 Å². The topological polar surface area (TPSA) is 103 Å². The Morgan fingerprint density at radius 2 is 1.19 bits per heavy atom. The number of pyridine rings is 2. The number of nitrogens with zero attached hydrogens (tertiary/aromatic N) is 3. The Morgan fingerprint density at radius 1 is 0.729 bits per heavy atom. The summed E-state index contributed by atoms with van der Waals surface area (Å²) in [6.45, 7) is 5.04. The smallest absolute Gasteiger partial charge is 1.00 e. The Hall–Kier alpha value is -4.76. The van der Waals surface area contributed by atoms with Gasteiger partial charge in [0.1, 0.15) is 31.3 Å². The summed E-state index contributed by atoms with van der Waals surface area (Å²) in [5.41, 5.74) is 5.20. The van der Waals surface area contributed by atoms with Crippen LogP contribution < -0.4 is 39.0 Å². The minimum atomic E-state index is -1.16. The van der Waals surface area contributed by atoms with Crippen LogP contribution in [0.2, 0.25) is 0 Å². The van der Waals surface area contributed by atoms with Crippen molar-refractivity contribution in [3.05, 3.63) is 144 Å². The normalized spacial score (nSPS) is 11.5. The third-order valence-electron chi connectivity index (χ3n) is 7.97. The summed E-state index contributed by atoms with van der Waals surface area (Å²) in [6.07, 6.45) is 0.748. The molecule has 4 aromatic carbocycles. The van der Waals surface area contributed by atoms with Crippen molar-refractivity contribution in [2.24, 2.45) is 10.6 Å². The van der Waals surface area contributed by atoms with E-state index in [1.165, 1.54) is 0 Å². The molecule has 2 heterocycles. The summed E-state index contributed by atoms with van der Waals surface area (Å²) in [6, 6.07) is 40.1. The molecule has 0 unspecified atom stereocenters. The Balaban J connectivity index is 0.00000270. The Bertz CT molecular complexity index is 1890. The van der Waals surface area contributed by atoms with Crippen LogP contribution in [0.1, 0.15) is 43.7 Å². The summed E-state index contributed by atoms with van der Waals surface area (Å²) in [5, 5.41) is 14.7. The minimum Gasteiger partial charge on any atom is -1.00 e. The van der Waals surface area contributed by atoms with Crippen molar-refractivity contribution in [3.8, 4) is 11.5 Å². The van der Waals surface area contributed by atoms with E-state index >= 15 is 0 Å². The van der Waals surface area contributed by atoms with Gasteiger partial charge in [0.2, 0.25) is 0 Å². The standard InChI is InChI=1S/C39H35N3O5.Na.H/c1-39(2,26-47-40-23-37(43)44)38(29-13-19-33(20-14-29)45-24-31-17-11-27-7-3-5-9-35(27)41-31)30-15-21-34(22-16-30)46-25-32-18-12-28-8-4-6-10-36(28)42-32;;/h3-23,38H,24-26H2,1-2H3,(H,43,44);;/q;+1;-1. The second-order valence-corrected chi connectivity index (χ2v) is 12.0. The van der Waals surface area contributed by atoms with Crippen LogP contribution in [0.5, 0.6) is 11.5 Å². The van der Waals surface area contributed by atoms with Crippen molar-refractivity contribution >= 4 is 34.0 Å². The predicted octanol–water partition coefficient (Wildman–Crippen LogP) is 5.30. The van der Waals surface area contributed by atoms with Gasteiger partial charge in [-0.3, -0.25) is 0 Å². The van der Waals surface area contributed by atoms with Gasteiger partial charge >= 0.3 is 35.5 Å². The molecule has 0 aliphatic carbocycles. The fourth-order valence-corrected chi connectivity index (χ4v) is 5.67. The van der Waals surface area contributed by atoms with Gasteiger partial charge in [-0.25, -0.2) is 14.8 Å². The van der Waals surface area contributed by atoms with Crippen LogP contribution >= 0.6 is 0 Å². The Kier molecular flexibility index (Phi) is 11.4. The van der Waals surface area contributed by atoms with Gasteiger partial charge < -0.3 is 20.8 Å². The van der Waals surface area contributed by atoms with E-state index in [0.29, 0.717) is 13.2 Å². The van der Waals surface area contributed by atoms with Crippen molar-refractivity contribution < 1.29 is 55.2 Å². The van der Waals surface area contributed by atoms with Gasteiger partial charge in [-0.05, 0) is 59.7 Å². The van der Waals surface area contributed by atoms with Crippen LogP contribution in [-0.4, -0.2) is 33.9 Å². The molecule has 9 heteroatoms. The molecule has 0 saturated carbocycles. The van der Waals surface area contributed by atoms with Crippen LogP contribution in [0.3, 0.4) is 0 Å². The number of ether oxygens (including phenoxy) is 2. The zero-order valence-corrected chi connectivity index (χ0v) is 29.2. The average Bonchev–Trinajstić information content (AvgIpc) is 3.09. The summed E-state index contributed by atoms with van der Waals surface area (Å²) < 4.78 is 12.2. The van der Waals surface area contributed by atoms with Gasteiger partial charge in [-0.15, -0.1) is 0 Å². The molecule has 2 aromatic heterocycles. The zero-order chi connectivity index (χ0) is 32.6. The molecule has 8 nitrogen and oxygen atoms in total. The quantitative estimate of drug-likeness (QED) is 0.103. The van der Waals surface area contributed by atoms with Crippen molar-refractivity contribution in [2.75, 3.05) is 6.61 Å². The Labute approximate surface area is 303 Å². The number of oxime groups is 1. The van der Waals surface area contributed by atoms with E-state index < -0.39 is 11.4 Å². The molecule has 0 fully saturated rings. The van der Waals surface area contributed by atoms with E-state index in [-0.39, 0.29) is 43.5 Å². The number of carbonyl (C=O) groups is 1. The molecule has 0 aliphatic rings. The second-order valence-electron chi connectivity index (χ2n) is 12.0. The first kappa shape index (κ1) is 34.6.